The molecule has 2 rings (SSSR count). The van der Waals surface area contributed by atoms with Gasteiger partial charge in [-0.1, -0.05) is 49.7 Å². The molecule has 0 aliphatic heterocycles. The highest BCUT2D eigenvalue weighted by Gasteiger charge is 2.20. The van der Waals surface area contributed by atoms with Crippen LogP contribution >= 0.6 is 11.6 Å². The van der Waals surface area contributed by atoms with Gasteiger partial charge in [-0.25, -0.2) is 0 Å². The molecule has 0 saturated carbocycles. The first-order valence-electron chi connectivity index (χ1n) is 7.40. The standard InChI is InChI=1S/C18H22ClNO/c1-3-13-5-11-16(12-6-13)21-18(17(20)4-2)14-7-9-15(19)10-8-14/h5-12,17-18H,3-4,20H2,1-2H3. The highest BCUT2D eigenvalue weighted by molar-refractivity contribution is 6.30. The Hall–Kier alpha value is -1.51. The minimum atomic E-state index is -0.167. The van der Waals surface area contributed by atoms with Gasteiger partial charge in [-0.15, -0.1) is 0 Å². The zero-order chi connectivity index (χ0) is 15.2. The maximum atomic E-state index is 6.23. The summed E-state index contributed by atoms with van der Waals surface area (Å²) in [5.74, 6) is 0.844. The van der Waals surface area contributed by atoms with Crippen LogP contribution < -0.4 is 10.5 Å². The van der Waals surface area contributed by atoms with Crippen LogP contribution in [0.15, 0.2) is 48.5 Å². The van der Waals surface area contributed by atoms with Crippen LogP contribution in [-0.4, -0.2) is 6.04 Å². The molecule has 0 fully saturated rings. The van der Waals surface area contributed by atoms with E-state index in [0.717, 1.165) is 29.2 Å². The third-order valence-electron chi connectivity index (χ3n) is 3.65. The van der Waals surface area contributed by atoms with Gasteiger partial charge in [0, 0.05) is 11.1 Å². The first-order valence-corrected chi connectivity index (χ1v) is 7.78. The molecule has 3 heteroatoms. The van der Waals surface area contributed by atoms with Gasteiger partial charge in [-0.2, -0.15) is 0 Å². The Morgan fingerprint density at radius 2 is 1.62 bits per heavy atom. The van der Waals surface area contributed by atoms with Crippen molar-refractivity contribution in [2.75, 3.05) is 0 Å². The summed E-state index contributed by atoms with van der Waals surface area (Å²) in [6.45, 7) is 4.20. The van der Waals surface area contributed by atoms with Gasteiger partial charge >= 0.3 is 0 Å². The third kappa shape index (κ3) is 4.23. The molecule has 2 N–H and O–H groups in total. The zero-order valence-electron chi connectivity index (χ0n) is 12.6. The summed E-state index contributed by atoms with van der Waals surface area (Å²) in [5.41, 5.74) is 8.58. The molecule has 21 heavy (non-hydrogen) atoms. The van der Waals surface area contributed by atoms with E-state index >= 15 is 0 Å². The van der Waals surface area contributed by atoms with E-state index in [4.69, 9.17) is 22.1 Å². The van der Waals surface area contributed by atoms with Crippen molar-refractivity contribution in [1.82, 2.24) is 0 Å². The van der Waals surface area contributed by atoms with Gasteiger partial charge in [-0.05, 0) is 48.2 Å². The van der Waals surface area contributed by atoms with Gasteiger partial charge in [0.25, 0.3) is 0 Å². The van der Waals surface area contributed by atoms with Crippen molar-refractivity contribution < 1.29 is 4.74 Å². The molecule has 2 unspecified atom stereocenters. The molecule has 112 valence electrons. The van der Waals surface area contributed by atoms with E-state index in [9.17, 15) is 0 Å². The molecule has 0 radical (unpaired) electrons. The molecule has 0 amide bonds. The van der Waals surface area contributed by atoms with Crippen LogP contribution in [-0.2, 0) is 6.42 Å². The van der Waals surface area contributed by atoms with Crippen molar-refractivity contribution in [3.8, 4) is 5.75 Å². The second kappa shape index (κ2) is 7.48. The lowest BCUT2D eigenvalue weighted by molar-refractivity contribution is 0.171. The molecule has 2 aromatic rings. The van der Waals surface area contributed by atoms with Crippen LogP contribution in [0, 0.1) is 0 Å². The van der Waals surface area contributed by atoms with Crippen molar-refractivity contribution >= 4 is 11.6 Å². The van der Waals surface area contributed by atoms with E-state index in [1.165, 1.54) is 5.56 Å². The first-order chi connectivity index (χ1) is 10.1. The number of hydrogen-bond donors (Lipinski definition) is 1. The van der Waals surface area contributed by atoms with Gasteiger partial charge < -0.3 is 10.5 Å². The van der Waals surface area contributed by atoms with Crippen LogP contribution in [0.5, 0.6) is 5.75 Å². The molecule has 0 aromatic heterocycles. The third-order valence-corrected chi connectivity index (χ3v) is 3.91. The van der Waals surface area contributed by atoms with Crippen molar-refractivity contribution in [1.29, 1.82) is 0 Å². The van der Waals surface area contributed by atoms with Gasteiger partial charge in [-0.3, -0.25) is 0 Å². The molecule has 2 nitrogen and oxygen atoms in total. The van der Waals surface area contributed by atoms with Crippen molar-refractivity contribution in [2.45, 2.75) is 38.8 Å². The lowest BCUT2D eigenvalue weighted by atomic mass is 10.0. The summed E-state index contributed by atoms with van der Waals surface area (Å²) in [6.07, 6.45) is 1.70. The molecule has 0 aliphatic carbocycles. The molecule has 2 aromatic carbocycles. The molecule has 0 saturated heterocycles. The number of halogens is 1. The normalized spacial score (nSPS) is 13.7. The van der Waals surface area contributed by atoms with Crippen molar-refractivity contribution in [3.05, 3.63) is 64.7 Å². The number of aryl methyl sites for hydroxylation is 1. The maximum absolute atomic E-state index is 6.23. The lowest BCUT2D eigenvalue weighted by Gasteiger charge is -2.25. The fourth-order valence-corrected chi connectivity index (χ4v) is 2.35. The summed E-state index contributed by atoms with van der Waals surface area (Å²) in [6, 6.07) is 15.8. The Kier molecular flexibility index (Phi) is 5.66. The molecule has 0 heterocycles. The van der Waals surface area contributed by atoms with E-state index in [2.05, 4.69) is 26.0 Å². The quantitative estimate of drug-likeness (QED) is 0.835. The average Bonchev–Trinajstić information content (AvgIpc) is 2.53. The topological polar surface area (TPSA) is 35.2 Å². The maximum Gasteiger partial charge on any atom is 0.139 e. The van der Waals surface area contributed by atoms with Crippen LogP contribution in [0.25, 0.3) is 0 Å². The van der Waals surface area contributed by atoms with Gasteiger partial charge in [0.05, 0.1) is 0 Å². The Labute approximate surface area is 131 Å². The monoisotopic (exact) mass is 303 g/mol. The summed E-state index contributed by atoms with van der Waals surface area (Å²) in [4.78, 5) is 0. The highest BCUT2D eigenvalue weighted by atomic mass is 35.5. The average molecular weight is 304 g/mol. The predicted octanol–water partition coefficient (Wildman–Crippen LogP) is 4.76. The molecule has 0 bridgehead atoms. The van der Waals surface area contributed by atoms with E-state index in [-0.39, 0.29) is 12.1 Å². The predicted molar refractivity (Wildman–Crippen MR) is 88.9 cm³/mol. The zero-order valence-corrected chi connectivity index (χ0v) is 13.3. The van der Waals surface area contributed by atoms with E-state index in [1.807, 2.05) is 36.4 Å². The van der Waals surface area contributed by atoms with Crippen LogP contribution in [0.1, 0.15) is 37.5 Å². The first kappa shape index (κ1) is 15.9. The lowest BCUT2D eigenvalue weighted by Crippen LogP contribution is -2.31. The summed E-state index contributed by atoms with van der Waals surface area (Å²) < 4.78 is 6.12. The fourth-order valence-electron chi connectivity index (χ4n) is 2.22. The molecule has 0 aliphatic rings. The second-order valence-electron chi connectivity index (χ2n) is 5.16. The van der Waals surface area contributed by atoms with Gasteiger partial charge in [0.2, 0.25) is 0 Å². The Morgan fingerprint density at radius 3 is 2.14 bits per heavy atom. The summed E-state index contributed by atoms with van der Waals surface area (Å²) in [7, 11) is 0. The number of ether oxygens (including phenoxy) is 1. The number of benzene rings is 2. The molecule has 0 spiro atoms. The highest BCUT2D eigenvalue weighted by Crippen LogP contribution is 2.26. The summed E-state index contributed by atoms with van der Waals surface area (Å²) >= 11 is 5.95. The number of rotatable bonds is 6. The second-order valence-corrected chi connectivity index (χ2v) is 5.60. The molecule has 2 atom stereocenters. The van der Waals surface area contributed by atoms with E-state index in [1.54, 1.807) is 0 Å². The van der Waals surface area contributed by atoms with Crippen LogP contribution in [0.2, 0.25) is 5.02 Å². The smallest absolute Gasteiger partial charge is 0.139 e. The summed E-state index contributed by atoms with van der Waals surface area (Å²) in [5, 5.41) is 0.717. The largest absolute Gasteiger partial charge is 0.484 e. The minimum absolute atomic E-state index is 0.0583. The van der Waals surface area contributed by atoms with E-state index < -0.39 is 0 Å². The molecular formula is C18H22ClNO. The SMILES string of the molecule is CCc1ccc(OC(c2ccc(Cl)cc2)C(N)CC)cc1. The number of hydrogen-bond acceptors (Lipinski definition) is 2. The van der Waals surface area contributed by atoms with E-state index in [0.29, 0.717) is 0 Å². The van der Waals surface area contributed by atoms with Crippen molar-refractivity contribution in [3.63, 3.8) is 0 Å². The number of nitrogens with two attached hydrogens (primary N) is 1. The Bertz CT molecular complexity index is 550. The minimum Gasteiger partial charge on any atom is -0.484 e. The van der Waals surface area contributed by atoms with Crippen LogP contribution in [0.4, 0.5) is 0 Å². The van der Waals surface area contributed by atoms with Crippen molar-refractivity contribution in [2.24, 2.45) is 5.73 Å². The Morgan fingerprint density at radius 1 is 1.00 bits per heavy atom. The van der Waals surface area contributed by atoms with Gasteiger partial charge in [0.1, 0.15) is 11.9 Å². The van der Waals surface area contributed by atoms with Gasteiger partial charge in [0.15, 0.2) is 0 Å². The van der Waals surface area contributed by atoms with Crippen LogP contribution in [0.3, 0.4) is 0 Å². The Balaban J connectivity index is 2.21. The molecular weight excluding hydrogens is 282 g/mol. The fraction of sp³-hybridized carbons (Fsp3) is 0.333.